The van der Waals surface area contributed by atoms with Gasteiger partial charge in [0.2, 0.25) is 0 Å². The Labute approximate surface area is 128 Å². The van der Waals surface area contributed by atoms with Gasteiger partial charge in [-0.1, -0.05) is 18.2 Å². The lowest BCUT2D eigenvalue weighted by Gasteiger charge is -2.11. The van der Waals surface area contributed by atoms with Crippen LogP contribution in [0.4, 0.5) is 5.95 Å². The smallest absolute Gasteiger partial charge is 0.274 e. The lowest BCUT2D eigenvalue weighted by atomic mass is 10.2. The fourth-order valence-corrected chi connectivity index (χ4v) is 2.43. The lowest BCUT2D eigenvalue weighted by molar-refractivity contribution is -0.444. The second kappa shape index (κ2) is 5.93. The van der Waals surface area contributed by atoms with Crippen LogP contribution in [0.3, 0.4) is 0 Å². The SMILES string of the molecule is Cc1cc(C)nc(NC2=[NH+]CCN2C(=O)c2ccccc2)n1. The quantitative estimate of drug-likeness (QED) is 0.824. The highest BCUT2D eigenvalue weighted by Crippen LogP contribution is 2.08. The molecule has 1 aliphatic rings. The molecule has 1 aromatic heterocycles. The van der Waals surface area contributed by atoms with E-state index in [0.717, 1.165) is 11.4 Å². The predicted molar refractivity (Wildman–Crippen MR) is 83.4 cm³/mol. The summed E-state index contributed by atoms with van der Waals surface area (Å²) in [6.45, 7) is 5.14. The minimum absolute atomic E-state index is 0.0440. The Morgan fingerprint density at radius 2 is 1.86 bits per heavy atom. The van der Waals surface area contributed by atoms with Crippen molar-refractivity contribution in [3.05, 3.63) is 53.3 Å². The molecule has 1 aliphatic heterocycles. The van der Waals surface area contributed by atoms with Crippen molar-refractivity contribution >= 4 is 17.8 Å². The molecule has 0 atom stereocenters. The number of guanidine groups is 1. The van der Waals surface area contributed by atoms with Gasteiger partial charge in [0.05, 0.1) is 12.1 Å². The molecule has 22 heavy (non-hydrogen) atoms. The van der Waals surface area contributed by atoms with Crippen molar-refractivity contribution in [2.75, 3.05) is 18.4 Å². The first-order valence-electron chi connectivity index (χ1n) is 7.20. The van der Waals surface area contributed by atoms with Crippen LogP contribution in [0, 0.1) is 13.8 Å². The second-order valence-electron chi connectivity index (χ2n) is 5.20. The highest BCUT2D eigenvalue weighted by atomic mass is 16.2. The van der Waals surface area contributed by atoms with E-state index >= 15 is 0 Å². The zero-order valence-corrected chi connectivity index (χ0v) is 12.6. The Balaban J connectivity index is 1.80. The summed E-state index contributed by atoms with van der Waals surface area (Å²) in [5.41, 5.74) is 2.43. The highest BCUT2D eigenvalue weighted by Gasteiger charge is 2.32. The lowest BCUT2D eigenvalue weighted by Crippen LogP contribution is -2.72. The molecule has 6 heteroatoms. The molecule has 0 saturated heterocycles. The first-order valence-corrected chi connectivity index (χ1v) is 7.20. The van der Waals surface area contributed by atoms with E-state index in [2.05, 4.69) is 20.3 Å². The summed E-state index contributed by atoms with van der Waals surface area (Å²) in [5, 5.41) is 3.11. The van der Waals surface area contributed by atoms with Gasteiger partial charge < -0.3 is 0 Å². The first kappa shape index (κ1) is 14.2. The van der Waals surface area contributed by atoms with E-state index in [9.17, 15) is 4.79 Å². The molecule has 0 aliphatic carbocycles. The van der Waals surface area contributed by atoms with Crippen molar-refractivity contribution in [2.24, 2.45) is 0 Å². The van der Waals surface area contributed by atoms with Crippen LogP contribution < -0.4 is 10.3 Å². The van der Waals surface area contributed by atoms with Crippen LogP contribution in [0.15, 0.2) is 36.4 Å². The van der Waals surface area contributed by atoms with Gasteiger partial charge >= 0.3 is 11.9 Å². The minimum Gasteiger partial charge on any atom is -0.274 e. The van der Waals surface area contributed by atoms with Gasteiger partial charge in [-0.25, -0.2) is 15.3 Å². The Morgan fingerprint density at radius 1 is 1.18 bits per heavy atom. The van der Waals surface area contributed by atoms with E-state index in [1.54, 1.807) is 4.90 Å². The van der Waals surface area contributed by atoms with E-state index in [4.69, 9.17) is 0 Å². The molecule has 1 aromatic carbocycles. The zero-order chi connectivity index (χ0) is 15.5. The van der Waals surface area contributed by atoms with Crippen molar-refractivity contribution in [3.63, 3.8) is 0 Å². The molecular formula is C16H18N5O+. The molecule has 6 nitrogen and oxygen atoms in total. The van der Waals surface area contributed by atoms with Crippen molar-refractivity contribution in [1.29, 1.82) is 0 Å². The maximum atomic E-state index is 12.6. The Bertz CT molecular complexity index is 706. The van der Waals surface area contributed by atoms with Crippen LogP contribution in [-0.2, 0) is 0 Å². The average Bonchev–Trinajstić information content (AvgIpc) is 2.94. The molecule has 1 amide bonds. The van der Waals surface area contributed by atoms with Crippen LogP contribution in [0.5, 0.6) is 0 Å². The third kappa shape index (κ3) is 2.95. The molecule has 112 valence electrons. The summed E-state index contributed by atoms with van der Waals surface area (Å²) in [7, 11) is 0. The third-order valence-corrected chi connectivity index (χ3v) is 3.38. The summed E-state index contributed by atoms with van der Waals surface area (Å²) < 4.78 is 0. The monoisotopic (exact) mass is 296 g/mol. The molecule has 0 radical (unpaired) electrons. The van der Waals surface area contributed by atoms with Crippen molar-refractivity contribution in [2.45, 2.75) is 13.8 Å². The summed E-state index contributed by atoms with van der Waals surface area (Å²) in [6.07, 6.45) is 0. The summed E-state index contributed by atoms with van der Waals surface area (Å²) in [6, 6.07) is 11.1. The maximum absolute atomic E-state index is 12.6. The summed E-state index contributed by atoms with van der Waals surface area (Å²) in [5.74, 6) is 1.07. The van der Waals surface area contributed by atoms with Crippen LogP contribution in [-0.4, -0.2) is 39.8 Å². The number of hydrogen-bond acceptors (Lipinski definition) is 4. The number of carbonyl (C=O) groups is 1. The van der Waals surface area contributed by atoms with Gasteiger partial charge in [-0.3, -0.25) is 9.79 Å². The molecule has 2 N–H and O–H groups in total. The van der Waals surface area contributed by atoms with Gasteiger partial charge in [0.25, 0.3) is 5.95 Å². The number of benzene rings is 1. The number of nitrogens with one attached hydrogen (secondary N) is 2. The number of aromatic nitrogens is 2. The van der Waals surface area contributed by atoms with Crippen LogP contribution in [0.1, 0.15) is 21.7 Å². The van der Waals surface area contributed by atoms with Gasteiger partial charge in [-0.05, 0) is 32.0 Å². The number of anilines is 1. The largest absolute Gasteiger partial charge is 0.361 e. The molecule has 0 saturated carbocycles. The van der Waals surface area contributed by atoms with Gasteiger partial charge in [0, 0.05) is 11.4 Å². The summed E-state index contributed by atoms with van der Waals surface area (Å²) >= 11 is 0. The van der Waals surface area contributed by atoms with Gasteiger partial charge in [-0.2, -0.15) is 4.90 Å². The molecule has 2 aromatic rings. The van der Waals surface area contributed by atoms with E-state index < -0.39 is 0 Å². The molecule has 2 heterocycles. The van der Waals surface area contributed by atoms with E-state index in [1.807, 2.05) is 50.2 Å². The van der Waals surface area contributed by atoms with E-state index in [1.165, 1.54) is 0 Å². The van der Waals surface area contributed by atoms with Crippen molar-refractivity contribution in [1.82, 2.24) is 14.9 Å². The van der Waals surface area contributed by atoms with E-state index in [-0.39, 0.29) is 5.91 Å². The maximum Gasteiger partial charge on any atom is 0.361 e. The number of rotatable bonds is 2. The Kier molecular flexibility index (Phi) is 3.82. The summed E-state index contributed by atoms with van der Waals surface area (Å²) in [4.78, 5) is 26.1. The second-order valence-corrected chi connectivity index (χ2v) is 5.20. The molecule has 0 bridgehead atoms. The number of nitrogens with zero attached hydrogens (tertiary/aromatic N) is 3. The fraction of sp³-hybridized carbons (Fsp3) is 0.250. The standard InChI is InChI=1S/C16H17N5O/c1-11-10-12(2)19-15(18-11)20-16-17-8-9-21(16)14(22)13-6-4-3-5-7-13/h3-7,10H,8-9H2,1-2H3,(H,17,18,19,20)/p+1. The number of aryl methyl sites for hydroxylation is 2. The molecular weight excluding hydrogens is 278 g/mol. The van der Waals surface area contributed by atoms with Gasteiger partial charge in [0.1, 0.15) is 6.54 Å². The molecule has 0 fully saturated rings. The average molecular weight is 296 g/mol. The van der Waals surface area contributed by atoms with Crippen LogP contribution >= 0.6 is 0 Å². The Morgan fingerprint density at radius 3 is 2.55 bits per heavy atom. The fourth-order valence-electron chi connectivity index (χ4n) is 2.43. The predicted octanol–water partition coefficient (Wildman–Crippen LogP) is 0.0979. The number of hydrogen-bond donors (Lipinski definition) is 2. The topological polar surface area (TPSA) is 72.1 Å². The number of carbonyl (C=O) groups excluding carboxylic acids is 1. The third-order valence-electron chi connectivity index (χ3n) is 3.38. The molecule has 0 unspecified atom stereocenters. The first-order chi connectivity index (χ1) is 10.6. The van der Waals surface area contributed by atoms with Crippen LogP contribution in [0.25, 0.3) is 0 Å². The minimum atomic E-state index is -0.0440. The molecule has 0 spiro atoms. The van der Waals surface area contributed by atoms with E-state index in [0.29, 0.717) is 30.6 Å². The van der Waals surface area contributed by atoms with Crippen molar-refractivity contribution in [3.8, 4) is 0 Å². The highest BCUT2D eigenvalue weighted by molar-refractivity contribution is 6.07. The zero-order valence-electron chi connectivity index (χ0n) is 12.6. The molecule has 3 rings (SSSR count). The van der Waals surface area contributed by atoms with Gasteiger partial charge in [-0.15, -0.1) is 0 Å². The van der Waals surface area contributed by atoms with Crippen molar-refractivity contribution < 1.29 is 9.79 Å². The Hall–Kier alpha value is -2.76. The van der Waals surface area contributed by atoms with Crippen LogP contribution in [0.2, 0.25) is 0 Å². The normalized spacial score (nSPS) is 13.9. The number of amides is 1. The van der Waals surface area contributed by atoms with Gasteiger partial charge in [0.15, 0.2) is 0 Å².